The van der Waals surface area contributed by atoms with E-state index in [0.29, 0.717) is 11.3 Å². The molecule has 1 atom stereocenters. The van der Waals surface area contributed by atoms with E-state index in [4.69, 9.17) is 5.73 Å². The quantitative estimate of drug-likeness (QED) is 0.248. The van der Waals surface area contributed by atoms with E-state index in [-0.39, 0.29) is 37.3 Å². The summed E-state index contributed by atoms with van der Waals surface area (Å²) in [6.45, 7) is -0.721. The molecule has 0 unspecified atom stereocenters. The third-order valence-electron chi connectivity index (χ3n) is 5.31. The highest BCUT2D eigenvalue weighted by molar-refractivity contribution is 5.88. The molecule has 2 amide bonds. The van der Waals surface area contributed by atoms with Crippen LogP contribution >= 0.6 is 0 Å². The minimum atomic E-state index is -1.27. The molecule has 0 saturated heterocycles. The second-order valence-corrected chi connectivity index (χ2v) is 7.82. The molecular weight excluding hydrogens is 472 g/mol. The van der Waals surface area contributed by atoms with Crippen molar-refractivity contribution in [2.45, 2.75) is 25.3 Å². The van der Waals surface area contributed by atoms with Gasteiger partial charge in [0.15, 0.2) is 0 Å². The molecular formula is C23H26N6O7. The third-order valence-corrected chi connectivity index (χ3v) is 5.31. The number of H-pyrrole nitrogens is 1. The summed E-state index contributed by atoms with van der Waals surface area (Å²) in [6.07, 6.45) is 5.07. The fraction of sp³-hybridized carbons (Fsp3) is 0.261. The minimum Gasteiger partial charge on any atom is -0.506 e. The molecule has 1 aromatic heterocycles. The summed E-state index contributed by atoms with van der Waals surface area (Å²) in [6, 6.07) is 7.01. The van der Waals surface area contributed by atoms with Gasteiger partial charge in [0, 0.05) is 0 Å². The van der Waals surface area contributed by atoms with Crippen molar-refractivity contribution in [3.05, 3.63) is 80.9 Å². The number of aliphatic hydroxyl groups excluding tert-OH is 1. The topological polar surface area (TPSA) is 202 Å². The van der Waals surface area contributed by atoms with Crippen LogP contribution in [0.4, 0.5) is 0 Å². The number of aromatic nitrogens is 3. The number of carboxylic acid groups (broad SMARTS) is 1. The number of carboxylic acids is 1. The SMILES string of the molecule is NCC(=O)NCC(=O)N[C@@H](CCC1=CCC=C(O)C(n2[nH]c(=O)n(-c3ccccc3)c2=O)=C1)C(=O)O. The first kappa shape index (κ1) is 26.0. The summed E-state index contributed by atoms with van der Waals surface area (Å²) in [7, 11) is 0. The Hall–Kier alpha value is -4.65. The lowest BCUT2D eigenvalue weighted by Gasteiger charge is -2.15. The zero-order valence-electron chi connectivity index (χ0n) is 19.1. The summed E-state index contributed by atoms with van der Waals surface area (Å²) in [5.41, 5.74) is 4.64. The second-order valence-electron chi connectivity index (χ2n) is 7.82. The highest BCUT2D eigenvalue weighted by Crippen LogP contribution is 2.22. The molecule has 36 heavy (non-hydrogen) atoms. The standard InChI is InChI=1S/C23H26N6O7/c24-12-19(31)25-13-20(32)26-16(21(33)34)10-9-14-5-4-8-18(30)17(11-14)29-23(36)28(22(35)27-29)15-6-2-1-3-7-15/h1-3,5-8,11,16,30H,4,9-10,12-13,24H2,(H,25,31)(H,26,32)(H,27,35)(H,33,34)/t16-/m0/s1. The summed E-state index contributed by atoms with van der Waals surface area (Å²) in [4.78, 5) is 60.3. The molecule has 3 rings (SSSR count). The lowest BCUT2D eigenvalue weighted by Crippen LogP contribution is -2.46. The molecule has 1 aromatic carbocycles. The Balaban J connectivity index is 1.79. The van der Waals surface area contributed by atoms with Crippen molar-refractivity contribution >= 4 is 23.5 Å². The fourth-order valence-electron chi connectivity index (χ4n) is 3.50. The minimum absolute atomic E-state index is 0.0101. The Kier molecular flexibility index (Phi) is 8.41. The number of nitrogens with zero attached hydrogens (tertiary/aromatic N) is 2. The Morgan fingerprint density at radius 1 is 1.11 bits per heavy atom. The lowest BCUT2D eigenvalue weighted by atomic mass is 10.0. The largest absolute Gasteiger partial charge is 0.506 e. The van der Waals surface area contributed by atoms with Crippen LogP contribution in [-0.4, -0.2) is 61.5 Å². The monoisotopic (exact) mass is 498 g/mol. The van der Waals surface area contributed by atoms with E-state index in [2.05, 4.69) is 15.7 Å². The van der Waals surface area contributed by atoms with Crippen molar-refractivity contribution in [2.75, 3.05) is 13.1 Å². The Labute approximate surface area is 204 Å². The Morgan fingerprint density at radius 3 is 2.50 bits per heavy atom. The molecule has 7 N–H and O–H groups in total. The molecule has 13 heteroatoms. The molecule has 1 heterocycles. The van der Waals surface area contributed by atoms with Gasteiger partial charge < -0.3 is 26.6 Å². The van der Waals surface area contributed by atoms with Crippen LogP contribution in [0.15, 0.2) is 69.5 Å². The number of carbonyl (C=O) groups excluding carboxylic acids is 2. The molecule has 190 valence electrons. The van der Waals surface area contributed by atoms with E-state index in [0.717, 1.165) is 9.25 Å². The molecule has 1 aliphatic rings. The van der Waals surface area contributed by atoms with Gasteiger partial charge in [0.05, 0.1) is 18.8 Å². The predicted octanol–water partition coefficient (Wildman–Crippen LogP) is -0.635. The number of nitrogens with one attached hydrogen (secondary N) is 3. The summed E-state index contributed by atoms with van der Waals surface area (Å²) in [5, 5.41) is 27.0. The van der Waals surface area contributed by atoms with E-state index >= 15 is 0 Å². The zero-order valence-corrected chi connectivity index (χ0v) is 19.1. The maximum absolute atomic E-state index is 13.0. The number of para-hydroxylation sites is 1. The predicted molar refractivity (Wildman–Crippen MR) is 129 cm³/mol. The first-order valence-electron chi connectivity index (χ1n) is 11.0. The van der Waals surface area contributed by atoms with Crippen LogP contribution in [0.3, 0.4) is 0 Å². The Bertz CT molecular complexity index is 1350. The average molecular weight is 498 g/mol. The maximum Gasteiger partial charge on any atom is 0.356 e. The zero-order chi connectivity index (χ0) is 26.2. The average Bonchev–Trinajstić information content (AvgIpc) is 3.03. The van der Waals surface area contributed by atoms with Crippen molar-refractivity contribution in [3.8, 4) is 5.69 Å². The molecule has 2 aromatic rings. The number of carbonyl (C=O) groups is 3. The van der Waals surface area contributed by atoms with Gasteiger partial charge in [0.25, 0.3) is 0 Å². The summed E-state index contributed by atoms with van der Waals surface area (Å²) in [5.74, 6) is -2.77. The molecule has 1 aliphatic carbocycles. The highest BCUT2D eigenvalue weighted by atomic mass is 16.4. The number of hydrogen-bond donors (Lipinski definition) is 6. The second kappa shape index (κ2) is 11.7. The first-order chi connectivity index (χ1) is 17.2. The number of benzene rings is 1. The number of nitrogens with two attached hydrogens (primary N) is 1. The number of aliphatic carboxylic acids is 1. The molecule has 0 bridgehead atoms. The van der Waals surface area contributed by atoms with E-state index in [9.17, 15) is 34.2 Å². The smallest absolute Gasteiger partial charge is 0.356 e. The fourth-order valence-corrected chi connectivity index (χ4v) is 3.50. The highest BCUT2D eigenvalue weighted by Gasteiger charge is 2.22. The molecule has 0 spiro atoms. The van der Waals surface area contributed by atoms with Crippen molar-refractivity contribution < 1.29 is 24.6 Å². The van der Waals surface area contributed by atoms with Crippen LogP contribution in [0.25, 0.3) is 11.4 Å². The van der Waals surface area contributed by atoms with Gasteiger partial charge in [-0.1, -0.05) is 24.3 Å². The van der Waals surface area contributed by atoms with E-state index in [1.54, 1.807) is 36.4 Å². The van der Waals surface area contributed by atoms with E-state index in [1.807, 2.05) is 0 Å². The number of hydrogen-bond acceptors (Lipinski definition) is 7. The Morgan fingerprint density at radius 2 is 1.83 bits per heavy atom. The van der Waals surface area contributed by atoms with Crippen LogP contribution in [-0.2, 0) is 14.4 Å². The van der Waals surface area contributed by atoms with E-state index in [1.165, 1.54) is 12.2 Å². The molecule has 0 aliphatic heterocycles. The van der Waals surface area contributed by atoms with Gasteiger partial charge in [-0.2, -0.15) is 4.68 Å². The first-order valence-corrected chi connectivity index (χ1v) is 11.0. The van der Waals surface area contributed by atoms with E-state index < -0.39 is 41.7 Å². The van der Waals surface area contributed by atoms with Crippen LogP contribution in [0.1, 0.15) is 19.3 Å². The molecule has 0 fully saturated rings. The summed E-state index contributed by atoms with van der Waals surface area (Å²) >= 11 is 0. The third kappa shape index (κ3) is 6.27. The maximum atomic E-state index is 13.0. The van der Waals surface area contributed by atoms with Crippen LogP contribution in [0, 0.1) is 0 Å². The lowest BCUT2D eigenvalue weighted by molar-refractivity contribution is -0.141. The van der Waals surface area contributed by atoms with Gasteiger partial charge in [-0.25, -0.2) is 24.0 Å². The van der Waals surface area contributed by atoms with Crippen molar-refractivity contribution in [1.82, 2.24) is 25.0 Å². The van der Waals surface area contributed by atoms with Gasteiger partial charge >= 0.3 is 17.3 Å². The van der Waals surface area contributed by atoms with Crippen LogP contribution in [0.2, 0.25) is 0 Å². The van der Waals surface area contributed by atoms with Crippen LogP contribution < -0.4 is 27.7 Å². The van der Waals surface area contributed by atoms with Gasteiger partial charge in [0.2, 0.25) is 11.8 Å². The van der Waals surface area contributed by atoms with Crippen molar-refractivity contribution in [2.24, 2.45) is 5.73 Å². The van der Waals surface area contributed by atoms with Gasteiger partial charge in [-0.15, -0.1) is 0 Å². The number of amides is 2. The number of aliphatic hydroxyl groups is 1. The van der Waals surface area contributed by atoms with Crippen molar-refractivity contribution in [1.29, 1.82) is 0 Å². The number of aromatic amines is 1. The molecule has 0 radical (unpaired) electrons. The molecule has 13 nitrogen and oxygen atoms in total. The van der Waals surface area contributed by atoms with Gasteiger partial charge in [-0.05, 0) is 49.1 Å². The normalized spacial score (nSPS) is 14.1. The van der Waals surface area contributed by atoms with Crippen molar-refractivity contribution in [3.63, 3.8) is 0 Å². The number of rotatable bonds is 10. The van der Waals surface area contributed by atoms with Gasteiger partial charge in [-0.3, -0.25) is 9.59 Å². The van der Waals surface area contributed by atoms with Crippen LogP contribution in [0.5, 0.6) is 0 Å². The summed E-state index contributed by atoms with van der Waals surface area (Å²) < 4.78 is 1.83. The van der Waals surface area contributed by atoms with Gasteiger partial charge in [0.1, 0.15) is 17.5 Å². The number of allylic oxidation sites excluding steroid dienone is 5. The molecule has 0 saturated carbocycles.